The molecule has 0 spiro atoms. The average Bonchev–Trinajstić information content (AvgIpc) is 3.21. The zero-order chi connectivity index (χ0) is 33.3. The molecule has 5 nitrogen and oxygen atoms in total. The van der Waals surface area contributed by atoms with Gasteiger partial charge in [0.05, 0.1) is 22.4 Å². The number of para-hydroxylation sites is 2. The molecule has 0 fully saturated rings. The second kappa shape index (κ2) is 12.6. The van der Waals surface area contributed by atoms with Crippen molar-refractivity contribution in [2.24, 2.45) is 0 Å². The molecule has 9 aromatic rings. The van der Waals surface area contributed by atoms with Crippen LogP contribution in [0.25, 0.3) is 89.6 Å². The average molecular weight is 640 g/mol. The van der Waals surface area contributed by atoms with Crippen LogP contribution in [0.5, 0.6) is 0 Å². The highest BCUT2D eigenvalue weighted by molar-refractivity contribution is 5.83. The number of rotatable bonds is 6. The van der Waals surface area contributed by atoms with Crippen LogP contribution in [0.4, 0.5) is 0 Å². The second-order valence-corrected chi connectivity index (χ2v) is 12.2. The van der Waals surface area contributed by atoms with Gasteiger partial charge < -0.3 is 0 Å². The highest BCUT2D eigenvalue weighted by Crippen LogP contribution is 2.31. The van der Waals surface area contributed by atoms with Crippen molar-refractivity contribution < 1.29 is 0 Å². The molecule has 234 valence electrons. The van der Waals surface area contributed by atoms with Crippen molar-refractivity contribution in [2.75, 3.05) is 0 Å². The van der Waals surface area contributed by atoms with E-state index in [1.165, 1.54) is 0 Å². The zero-order valence-corrected chi connectivity index (χ0v) is 27.0. The molecule has 3 heterocycles. The Bertz CT molecular complexity index is 2510. The van der Waals surface area contributed by atoms with E-state index in [9.17, 15) is 0 Å². The summed E-state index contributed by atoms with van der Waals surface area (Å²) in [6.45, 7) is 0. The van der Waals surface area contributed by atoms with Crippen LogP contribution < -0.4 is 0 Å². The first kappa shape index (κ1) is 29.3. The summed E-state index contributed by atoms with van der Waals surface area (Å²) >= 11 is 0. The number of aromatic nitrogens is 5. The van der Waals surface area contributed by atoms with Gasteiger partial charge in [-0.25, -0.2) is 24.9 Å². The van der Waals surface area contributed by atoms with Gasteiger partial charge in [0.25, 0.3) is 0 Å². The maximum atomic E-state index is 5.07. The van der Waals surface area contributed by atoms with E-state index in [2.05, 4.69) is 109 Å². The SMILES string of the molecule is c1ccc(-c2ccc(-c3nc(-c4cccc(-c5ccc6ccccc6n5)c4)nc(-c4cccc(-c5ccc6ccccc6n5)c4)n3)cc2)cc1. The minimum atomic E-state index is 0.592. The van der Waals surface area contributed by atoms with Gasteiger partial charge in [0.2, 0.25) is 0 Å². The highest BCUT2D eigenvalue weighted by Gasteiger charge is 2.15. The van der Waals surface area contributed by atoms with Crippen LogP contribution in [0.1, 0.15) is 0 Å². The predicted molar refractivity (Wildman–Crippen MR) is 203 cm³/mol. The van der Waals surface area contributed by atoms with Crippen molar-refractivity contribution in [1.29, 1.82) is 0 Å². The van der Waals surface area contributed by atoms with E-state index in [-0.39, 0.29) is 0 Å². The largest absolute Gasteiger partial charge is 0.248 e. The smallest absolute Gasteiger partial charge is 0.164 e. The van der Waals surface area contributed by atoms with E-state index in [4.69, 9.17) is 24.9 Å². The van der Waals surface area contributed by atoms with Crippen LogP contribution >= 0.6 is 0 Å². The summed E-state index contributed by atoms with van der Waals surface area (Å²) in [7, 11) is 0. The molecule has 0 aliphatic rings. The third-order valence-electron chi connectivity index (χ3n) is 8.92. The number of benzene rings is 6. The van der Waals surface area contributed by atoms with E-state index in [1.807, 2.05) is 66.7 Å². The second-order valence-electron chi connectivity index (χ2n) is 12.2. The Morgan fingerprint density at radius 2 is 0.640 bits per heavy atom. The maximum absolute atomic E-state index is 5.07. The summed E-state index contributed by atoms with van der Waals surface area (Å²) in [6, 6.07) is 59.9. The molecule has 6 aromatic carbocycles. The lowest BCUT2D eigenvalue weighted by Crippen LogP contribution is -2.00. The highest BCUT2D eigenvalue weighted by atomic mass is 15.0. The molecule has 0 atom stereocenters. The maximum Gasteiger partial charge on any atom is 0.164 e. The van der Waals surface area contributed by atoms with Gasteiger partial charge in [-0.1, -0.05) is 140 Å². The number of fused-ring (bicyclic) bond motifs is 2. The number of hydrogen-bond donors (Lipinski definition) is 0. The molecular weight excluding hydrogens is 611 g/mol. The Morgan fingerprint density at radius 1 is 0.240 bits per heavy atom. The topological polar surface area (TPSA) is 64.5 Å². The van der Waals surface area contributed by atoms with Crippen LogP contribution in [0.15, 0.2) is 176 Å². The molecule has 0 N–H and O–H groups in total. The Balaban J connectivity index is 1.15. The minimum Gasteiger partial charge on any atom is -0.248 e. The zero-order valence-electron chi connectivity index (χ0n) is 27.0. The number of pyridine rings is 2. The van der Waals surface area contributed by atoms with Gasteiger partial charge >= 0.3 is 0 Å². The van der Waals surface area contributed by atoms with Crippen molar-refractivity contribution >= 4 is 21.8 Å². The van der Waals surface area contributed by atoms with Gasteiger partial charge in [-0.3, -0.25) is 0 Å². The van der Waals surface area contributed by atoms with Crippen molar-refractivity contribution in [3.8, 4) is 67.8 Å². The van der Waals surface area contributed by atoms with E-state index in [0.717, 1.165) is 72.1 Å². The van der Waals surface area contributed by atoms with Gasteiger partial charge in [-0.2, -0.15) is 0 Å². The summed E-state index contributed by atoms with van der Waals surface area (Å²) in [5, 5.41) is 2.22. The van der Waals surface area contributed by atoms with Crippen molar-refractivity contribution in [3.05, 3.63) is 176 Å². The molecule has 9 rings (SSSR count). The Hall–Kier alpha value is -6.85. The first-order chi connectivity index (χ1) is 24.7. The normalized spacial score (nSPS) is 11.2. The molecular formula is C45H29N5. The lowest BCUT2D eigenvalue weighted by molar-refractivity contribution is 1.07. The van der Waals surface area contributed by atoms with Crippen LogP contribution in [0, 0.1) is 0 Å². The number of hydrogen-bond acceptors (Lipinski definition) is 5. The fraction of sp³-hybridized carbons (Fsp3) is 0. The molecule has 3 aromatic heterocycles. The van der Waals surface area contributed by atoms with E-state index in [1.54, 1.807) is 0 Å². The minimum absolute atomic E-state index is 0.592. The molecule has 0 amide bonds. The van der Waals surface area contributed by atoms with Crippen LogP contribution in [-0.4, -0.2) is 24.9 Å². The van der Waals surface area contributed by atoms with Crippen LogP contribution in [-0.2, 0) is 0 Å². The summed E-state index contributed by atoms with van der Waals surface area (Å²) in [5.41, 5.74) is 10.7. The van der Waals surface area contributed by atoms with Gasteiger partial charge in [0, 0.05) is 38.6 Å². The third kappa shape index (κ3) is 5.78. The summed E-state index contributed by atoms with van der Waals surface area (Å²) < 4.78 is 0. The molecule has 0 unspecified atom stereocenters. The van der Waals surface area contributed by atoms with Crippen LogP contribution in [0.3, 0.4) is 0 Å². The Kier molecular flexibility index (Phi) is 7.41. The van der Waals surface area contributed by atoms with Crippen LogP contribution in [0.2, 0.25) is 0 Å². The third-order valence-corrected chi connectivity index (χ3v) is 8.92. The lowest BCUT2D eigenvalue weighted by atomic mass is 10.0. The molecule has 0 saturated heterocycles. The molecule has 0 bridgehead atoms. The molecule has 0 aliphatic carbocycles. The predicted octanol–water partition coefficient (Wildman–Crippen LogP) is 11.0. The molecule has 0 radical (unpaired) electrons. The van der Waals surface area contributed by atoms with Gasteiger partial charge in [-0.05, 0) is 47.5 Å². The fourth-order valence-corrected chi connectivity index (χ4v) is 6.29. The van der Waals surface area contributed by atoms with E-state index < -0.39 is 0 Å². The standard InChI is InChI=1S/C45H29N5/c1-2-10-30(11-3-1)31-20-22-34(23-21-31)43-48-44(37-16-8-14-35(28-37)41-26-24-32-12-4-6-18-39(32)46-41)50-45(49-43)38-17-9-15-36(29-38)42-27-25-33-13-5-7-19-40(33)47-42/h1-29H. The van der Waals surface area contributed by atoms with Crippen molar-refractivity contribution in [1.82, 2.24) is 24.9 Å². The van der Waals surface area contributed by atoms with Gasteiger partial charge in [0.1, 0.15) is 0 Å². The van der Waals surface area contributed by atoms with Crippen molar-refractivity contribution in [2.45, 2.75) is 0 Å². The first-order valence-corrected chi connectivity index (χ1v) is 16.6. The van der Waals surface area contributed by atoms with Gasteiger partial charge in [0.15, 0.2) is 17.5 Å². The molecule has 50 heavy (non-hydrogen) atoms. The van der Waals surface area contributed by atoms with E-state index >= 15 is 0 Å². The van der Waals surface area contributed by atoms with Crippen molar-refractivity contribution in [3.63, 3.8) is 0 Å². The quantitative estimate of drug-likeness (QED) is 0.181. The summed E-state index contributed by atoms with van der Waals surface area (Å²) in [6.07, 6.45) is 0. The molecule has 5 heteroatoms. The lowest BCUT2D eigenvalue weighted by Gasteiger charge is -2.11. The van der Waals surface area contributed by atoms with Gasteiger partial charge in [-0.15, -0.1) is 0 Å². The summed E-state index contributed by atoms with van der Waals surface area (Å²) in [5.74, 6) is 1.79. The Morgan fingerprint density at radius 3 is 1.18 bits per heavy atom. The fourth-order valence-electron chi connectivity index (χ4n) is 6.29. The molecule has 0 aliphatic heterocycles. The monoisotopic (exact) mass is 639 g/mol. The Labute approximate surface area is 289 Å². The van der Waals surface area contributed by atoms with E-state index in [0.29, 0.717) is 17.5 Å². The summed E-state index contributed by atoms with van der Waals surface area (Å²) in [4.78, 5) is 25.0. The number of nitrogens with zero attached hydrogens (tertiary/aromatic N) is 5. The first-order valence-electron chi connectivity index (χ1n) is 16.6. The molecule has 0 saturated carbocycles.